The normalized spacial score (nSPS) is 12.6. The lowest BCUT2D eigenvalue weighted by Crippen LogP contribution is -2.31. The summed E-state index contributed by atoms with van der Waals surface area (Å²) in [7, 11) is 0. The van der Waals surface area contributed by atoms with Gasteiger partial charge < -0.3 is 14.9 Å². The molecule has 0 aliphatic carbocycles. The van der Waals surface area contributed by atoms with Gasteiger partial charge in [0, 0.05) is 24.2 Å². The van der Waals surface area contributed by atoms with E-state index in [9.17, 15) is 22.8 Å². The van der Waals surface area contributed by atoms with E-state index >= 15 is 0 Å². The summed E-state index contributed by atoms with van der Waals surface area (Å²) in [6.07, 6.45) is -5.23. The molecule has 2 aromatic rings. The van der Waals surface area contributed by atoms with E-state index in [0.717, 1.165) is 0 Å². The van der Waals surface area contributed by atoms with Crippen molar-refractivity contribution < 1.29 is 37.2 Å². The molecule has 2 rings (SSSR count). The quantitative estimate of drug-likeness (QED) is 0.429. The number of carbonyl (C=O) groups excluding carboxylic acids is 1. The summed E-state index contributed by atoms with van der Waals surface area (Å²) in [6.45, 7) is 2.01. The second kappa shape index (κ2) is 9.28. The average Bonchev–Trinajstić information content (AvgIpc) is 3.14. The molecule has 1 aromatic carbocycles. The van der Waals surface area contributed by atoms with E-state index in [1.54, 1.807) is 0 Å². The fraction of sp³-hybridized carbons (Fsp3) is 0.375. The number of hydroxylamine groups is 1. The van der Waals surface area contributed by atoms with Gasteiger partial charge in [0.25, 0.3) is 5.91 Å². The van der Waals surface area contributed by atoms with Crippen LogP contribution in [0.4, 0.5) is 13.2 Å². The first-order valence-corrected chi connectivity index (χ1v) is 8.09. The maximum absolute atomic E-state index is 12.5. The van der Waals surface area contributed by atoms with E-state index in [0.29, 0.717) is 25.1 Å². The summed E-state index contributed by atoms with van der Waals surface area (Å²) >= 11 is 0. The van der Waals surface area contributed by atoms with Crippen molar-refractivity contribution in [3.63, 3.8) is 0 Å². The molecule has 3 N–H and O–H groups in total. The Labute approximate surface area is 156 Å². The number of rotatable bonds is 9. The molecule has 0 fully saturated rings. The van der Waals surface area contributed by atoms with Gasteiger partial charge in [-0.3, -0.25) is 9.63 Å². The molecule has 0 spiro atoms. The third-order valence-electron chi connectivity index (χ3n) is 3.42. The lowest BCUT2D eigenvalue weighted by atomic mass is 10.1. The SMILES string of the molecule is C[C@@H](ONCCCNC(=O)c1ccc(-c2noc(C(F)(F)F)n2)cc1)C(=O)O. The molecule has 9 nitrogen and oxygen atoms in total. The molecule has 0 saturated carbocycles. The number of carboxylic acid groups (broad SMARTS) is 1. The van der Waals surface area contributed by atoms with Crippen molar-refractivity contribution in [1.82, 2.24) is 20.9 Å². The summed E-state index contributed by atoms with van der Waals surface area (Å²) in [6, 6.07) is 5.65. The Balaban J connectivity index is 1.79. The van der Waals surface area contributed by atoms with Crippen molar-refractivity contribution in [2.45, 2.75) is 25.6 Å². The highest BCUT2D eigenvalue weighted by atomic mass is 19.4. The maximum atomic E-state index is 12.5. The van der Waals surface area contributed by atoms with E-state index in [-0.39, 0.29) is 17.3 Å². The van der Waals surface area contributed by atoms with Gasteiger partial charge in [-0.15, -0.1) is 0 Å². The van der Waals surface area contributed by atoms with Gasteiger partial charge in [0.2, 0.25) is 5.82 Å². The summed E-state index contributed by atoms with van der Waals surface area (Å²) in [4.78, 5) is 30.6. The number of alkyl halides is 3. The zero-order valence-electron chi connectivity index (χ0n) is 14.6. The molecule has 28 heavy (non-hydrogen) atoms. The summed E-state index contributed by atoms with van der Waals surface area (Å²) in [5.74, 6) is -3.16. The Morgan fingerprint density at radius 3 is 2.50 bits per heavy atom. The molecule has 0 unspecified atom stereocenters. The highest BCUT2D eigenvalue weighted by molar-refractivity contribution is 5.94. The number of amides is 1. The number of benzene rings is 1. The van der Waals surface area contributed by atoms with E-state index in [4.69, 9.17) is 9.94 Å². The maximum Gasteiger partial charge on any atom is 0.471 e. The summed E-state index contributed by atoms with van der Waals surface area (Å²) in [5, 5.41) is 14.5. The van der Waals surface area contributed by atoms with Gasteiger partial charge in [-0.1, -0.05) is 17.3 Å². The highest BCUT2D eigenvalue weighted by Gasteiger charge is 2.38. The van der Waals surface area contributed by atoms with E-state index in [1.165, 1.54) is 31.2 Å². The number of halogens is 3. The molecule has 1 atom stereocenters. The van der Waals surface area contributed by atoms with Crippen LogP contribution in [0.2, 0.25) is 0 Å². The molecule has 0 bridgehead atoms. The van der Waals surface area contributed by atoms with Gasteiger partial charge in [-0.05, 0) is 25.5 Å². The predicted molar refractivity (Wildman–Crippen MR) is 87.9 cm³/mol. The second-order valence-corrected chi connectivity index (χ2v) is 5.60. The number of aromatic nitrogens is 2. The molecule has 1 heterocycles. The monoisotopic (exact) mass is 402 g/mol. The fourth-order valence-corrected chi connectivity index (χ4v) is 1.93. The molecule has 0 radical (unpaired) electrons. The Kier molecular flexibility index (Phi) is 7.06. The number of carboxylic acids is 1. The van der Waals surface area contributed by atoms with Gasteiger partial charge in [0.1, 0.15) is 0 Å². The van der Waals surface area contributed by atoms with Crippen molar-refractivity contribution >= 4 is 11.9 Å². The Morgan fingerprint density at radius 2 is 1.93 bits per heavy atom. The molecule has 0 aliphatic rings. The highest BCUT2D eigenvalue weighted by Crippen LogP contribution is 2.29. The third-order valence-corrected chi connectivity index (χ3v) is 3.42. The van der Waals surface area contributed by atoms with Crippen LogP contribution in [0.5, 0.6) is 0 Å². The Hall–Kier alpha value is -2.99. The zero-order valence-corrected chi connectivity index (χ0v) is 14.6. The van der Waals surface area contributed by atoms with E-state index in [1.807, 2.05) is 0 Å². The Bertz CT molecular complexity index is 807. The Morgan fingerprint density at radius 1 is 1.25 bits per heavy atom. The van der Waals surface area contributed by atoms with Gasteiger partial charge in [-0.25, -0.2) is 10.3 Å². The molecule has 1 amide bonds. The van der Waals surface area contributed by atoms with Gasteiger partial charge in [0.15, 0.2) is 6.10 Å². The van der Waals surface area contributed by atoms with E-state index in [2.05, 4.69) is 25.5 Å². The molecular formula is C16H17F3N4O5. The van der Waals surface area contributed by atoms with Crippen molar-refractivity contribution in [1.29, 1.82) is 0 Å². The van der Waals surface area contributed by atoms with Gasteiger partial charge in [-0.2, -0.15) is 18.2 Å². The van der Waals surface area contributed by atoms with Crippen LogP contribution in [0.1, 0.15) is 29.6 Å². The van der Waals surface area contributed by atoms with Crippen LogP contribution in [0, 0.1) is 0 Å². The molecule has 12 heteroatoms. The lowest BCUT2D eigenvalue weighted by Gasteiger charge is -2.09. The molecule has 0 saturated heterocycles. The van der Waals surface area contributed by atoms with Crippen LogP contribution in [-0.4, -0.2) is 46.3 Å². The van der Waals surface area contributed by atoms with Crippen molar-refractivity contribution in [3.8, 4) is 11.4 Å². The van der Waals surface area contributed by atoms with E-state index < -0.39 is 24.1 Å². The first-order valence-electron chi connectivity index (χ1n) is 8.09. The second-order valence-electron chi connectivity index (χ2n) is 5.60. The summed E-state index contributed by atoms with van der Waals surface area (Å²) in [5.41, 5.74) is 3.05. The average molecular weight is 402 g/mol. The number of carbonyl (C=O) groups is 2. The van der Waals surface area contributed by atoms with Crippen molar-refractivity contribution in [2.24, 2.45) is 0 Å². The minimum Gasteiger partial charge on any atom is -0.479 e. The topological polar surface area (TPSA) is 127 Å². The largest absolute Gasteiger partial charge is 0.479 e. The number of hydrogen-bond donors (Lipinski definition) is 3. The van der Waals surface area contributed by atoms with Crippen LogP contribution in [-0.2, 0) is 15.8 Å². The van der Waals surface area contributed by atoms with Gasteiger partial charge >= 0.3 is 18.0 Å². The van der Waals surface area contributed by atoms with Crippen molar-refractivity contribution in [3.05, 3.63) is 35.7 Å². The minimum atomic E-state index is -4.73. The summed E-state index contributed by atoms with van der Waals surface area (Å²) < 4.78 is 41.6. The molecule has 152 valence electrons. The smallest absolute Gasteiger partial charge is 0.471 e. The zero-order chi connectivity index (χ0) is 20.7. The standard InChI is InChI=1S/C16H17F3N4O5/c1-9(14(25)26)27-21-8-2-7-20-13(24)11-5-3-10(4-6-11)12-22-15(28-23-12)16(17,18)19/h3-6,9,21H,2,7-8H2,1H3,(H,20,24)(H,25,26)/t9-/m1/s1. The lowest BCUT2D eigenvalue weighted by molar-refractivity contribution is -0.159. The van der Waals surface area contributed by atoms with Crippen LogP contribution in [0.15, 0.2) is 28.8 Å². The van der Waals surface area contributed by atoms with Crippen molar-refractivity contribution in [2.75, 3.05) is 13.1 Å². The predicted octanol–water partition coefficient (Wildman–Crippen LogP) is 1.87. The minimum absolute atomic E-state index is 0.235. The van der Waals surface area contributed by atoms with Gasteiger partial charge in [0.05, 0.1) is 0 Å². The van der Waals surface area contributed by atoms with Crippen LogP contribution in [0.25, 0.3) is 11.4 Å². The fourth-order valence-electron chi connectivity index (χ4n) is 1.93. The first-order chi connectivity index (χ1) is 13.2. The number of nitrogens with zero attached hydrogens (tertiary/aromatic N) is 2. The first kappa shape index (κ1) is 21.3. The van der Waals surface area contributed by atoms with Crippen LogP contribution >= 0.6 is 0 Å². The third kappa shape index (κ3) is 6.03. The molecule has 0 aliphatic heterocycles. The molecular weight excluding hydrogens is 385 g/mol. The van der Waals surface area contributed by atoms with Crippen LogP contribution < -0.4 is 10.8 Å². The number of hydrogen-bond acceptors (Lipinski definition) is 7. The number of aliphatic carboxylic acids is 1. The van der Waals surface area contributed by atoms with Crippen LogP contribution in [0.3, 0.4) is 0 Å². The molecule has 1 aromatic heterocycles. The number of nitrogens with one attached hydrogen (secondary N) is 2.